The number of pyridine rings is 1. The van der Waals surface area contributed by atoms with Crippen molar-refractivity contribution in [2.75, 3.05) is 19.5 Å². The van der Waals surface area contributed by atoms with Crippen molar-refractivity contribution < 1.29 is 24.2 Å². The Labute approximate surface area is 172 Å². The van der Waals surface area contributed by atoms with E-state index in [-0.39, 0.29) is 39.8 Å². The number of hydrogen-bond donors (Lipinski definition) is 2. The zero-order chi connectivity index (χ0) is 21.8. The minimum absolute atomic E-state index is 0.0511. The fourth-order valence-corrected chi connectivity index (χ4v) is 3.00. The van der Waals surface area contributed by atoms with Gasteiger partial charge in [0.2, 0.25) is 5.91 Å². The average Bonchev–Trinajstić information content (AvgIpc) is 2.74. The number of ether oxygens (including phenoxy) is 2. The van der Waals surface area contributed by atoms with E-state index in [0.29, 0.717) is 11.4 Å². The Bertz CT molecular complexity index is 1180. The van der Waals surface area contributed by atoms with Gasteiger partial charge in [0.15, 0.2) is 5.78 Å². The van der Waals surface area contributed by atoms with Crippen molar-refractivity contribution in [1.29, 1.82) is 0 Å². The number of amides is 1. The van der Waals surface area contributed by atoms with Crippen LogP contribution < -0.4 is 20.3 Å². The summed E-state index contributed by atoms with van der Waals surface area (Å²) in [4.78, 5) is 37.0. The van der Waals surface area contributed by atoms with Gasteiger partial charge in [-0.25, -0.2) is 0 Å². The van der Waals surface area contributed by atoms with Crippen molar-refractivity contribution in [3.05, 3.63) is 76.2 Å². The van der Waals surface area contributed by atoms with Crippen molar-refractivity contribution in [2.45, 2.75) is 6.92 Å². The Morgan fingerprint density at radius 2 is 1.70 bits per heavy atom. The predicted octanol–water partition coefficient (Wildman–Crippen LogP) is 2.75. The number of para-hydroxylation sites is 2. The Hall–Kier alpha value is -4.07. The lowest BCUT2D eigenvalue weighted by Crippen LogP contribution is -2.19. The molecule has 0 aliphatic heterocycles. The first-order chi connectivity index (χ1) is 14.3. The molecule has 0 fully saturated rings. The number of ketones is 1. The molecule has 2 aromatic carbocycles. The lowest BCUT2D eigenvalue weighted by molar-refractivity contribution is -0.114. The number of hydrogen-bond acceptors (Lipinski definition) is 6. The van der Waals surface area contributed by atoms with Crippen molar-refractivity contribution in [1.82, 2.24) is 4.57 Å². The number of phenolic OH excluding ortho intramolecular Hbond substituents is 1. The van der Waals surface area contributed by atoms with Gasteiger partial charge in [-0.05, 0) is 24.3 Å². The quantitative estimate of drug-likeness (QED) is 0.480. The van der Waals surface area contributed by atoms with Crippen molar-refractivity contribution >= 4 is 17.4 Å². The van der Waals surface area contributed by atoms with Crippen LogP contribution in [0.4, 0.5) is 5.69 Å². The lowest BCUT2D eigenvalue weighted by Gasteiger charge is -2.14. The van der Waals surface area contributed by atoms with Crippen LogP contribution in [0, 0.1) is 0 Å². The first-order valence-electron chi connectivity index (χ1n) is 8.95. The van der Waals surface area contributed by atoms with Crippen LogP contribution in [0.25, 0.3) is 5.69 Å². The molecule has 0 aliphatic carbocycles. The molecule has 0 aliphatic rings. The number of nitrogens with zero attached hydrogens (tertiary/aromatic N) is 1. The molecule has 1 amide bonds. The molecule has 0 unspecified atom stereocenters. The summed E-state index contributed by atoms with van der Waals surface area (Å²) in [6.45, 7) is 1.32. The molecule has 0 bridgehead atoms. The maximum atomic E-state index is 13.1. The van der Waals surface area contributed by atoms with Crippen LogP contribution in [-0.4, -0.2) is 35.6 Å². The molecule has 0 radical (unpaired) electrons. The SMILES string of the molecule is COc1cc(O)c(C(=O)c2ccc(=O)n(-c3ccccc3OC)c2)cc1NC(C)=O. The van der Waals surface area contributed by atoms with E-state index >= 15 is 0 Å². The molecule has 8 nitrogen and oxygen atoms in total. The van der Waals surface area contributed by atoms with E-state index in [1.54, 1.807) is 24.3 Å². The van der Waals surface area contributed by atoms with Gasteiger partial charge in [-0.2, -0.15) is 0 Å². The molecule has 154 valence electrons. The van der Waals surface area contributed by atoms with Crippen LogP contribution in [0.3, 0.4) is 0 Å². The number of rotatable bonds is 6. The number of nitrogens with one attached hydrogen (secondary N) is 1. The largest absolute Gasteiger partial charge is 0.507 e. The molecule has 1 heterocycles. The maximum absolute atomic E-state index is 13.1. The summed E-state index contributed by atoms with van der Waals surface area (Å²) >= 11 is 0. The molecule has 8 heteroatoms. The van der Waals surface area contributed by atoms with E-state index in [0.717, 1.165) is 0 Å². The van der Waals surface area contributed by atoms with E-state index in [4.69, 9.17) is 9.47 Å². The minimum atomic E-state index is -0.537. The summed E-state index contributed by atoms with van der Waals surface area (Å²) in [6, 6.07) is 12.1. The van der Waals surface area contributed by atoms with Gasteiger partial charge in [-0.1, -0.05) is 12.1 Å². The van der Waals surface area contributed by atoms with E-state index in [2.05, 4.69) is 5.32 Å². The van der Waals surface area contributed by atoms with Crippen LogP contribution in [0.2, 0.25) is 0 Å². The van der Waals surface area contributed by atoms with E-state index in [9.17, 15) is 19.5 Å². The third kappa shape index (κ3) is 4.02. The van der Waals surface area contributed by atoms with Gasteiger partial charge in [0.05, 0.1) is 31.2 Å². The molecule has 0 saturated heterocycles. The third-order valence-electron chi connectivity index (χ3n) is 4.39. The molecular weight excluding hydrogens is 388 g/mol. The number of carbonyl (C=O) groups is 2. The number of methoxy groups -OCH3 is 2. The first kappa shape index (κ1) is 20.7. The second-order valence-corrected chi connectivity index (χ2v) is 6.38. The number of phenols is 1. The molecular formula is C22H20N2O6. The Balaban J connectivity index is 2.10. The Morgan fingerprint density at radius 1 is 1.00 bits per heavy atom. The second kappa shape index (κ2) is 8.52. The van der Waals surface area contributed by atoms with Gasteiger partial charge in [-0.15, -0.1) is 0 Å². The monoisotopic (exact) mass is 408 g/mol. The Morgan fingerprint density at radius 3 is 2.37 bits per heavy atom. The van der Waals surface area contributed by atoms with Crippen LogP contribution in [0.1, 0.15) is 22.8 Å². The normalized spacial score (nSPS) is 10.4. The first-order valence-corrected chi connectivity index (χ1v) is 8.95. The van der Waals surface area contributed by atoms with Gasteiger partial charge < -0.3 is 19.9 Å². The van der Waals surface area contributed by atoms with Gasteiger partial charge >= 0.3 is 0 Å². The standard InChI is InChI=1S/C22H20N2O6/c1-13(25)23-16-10-15(18(26)11-20(16)30-3)22(28)14-8-9-21(27)24(12-14)17-6-4-5-7-19(17)29-2/h4-12,26H,1-3H3,(H,23,25). The smallest absolute Gasteiger partial charge is 0.255 e. The average molecular weight is 408 g/mol. The summed E-state index contributed by atoms with van der Waals surface area (Å²) in [6.07, 6.45) is 1.38. The summed E-state index contributed by atoms with van der Waals surface area (Å²) in [5, 5.41) is 12.9. The molecule has 3 aromatic rings. The van der Waals surface area contributed by atoms with Crippen LogP contribution in [0.5, 0.6) is 17.2 Å². The molecule has 0 atom stereocenters. The number of anilines is 1. The van der Waals surface area contributed by atoms with Gasteiger partial charge in [0.1, 0.15) is 17.2 Å². The molecule has 30 heavy (non-hydrogen) atoms. The van der Waals surface area contributed by atoms with E-state index in [1.807, 2.05) is 0 Å². The maximum Gasteiger partial charge on any atom is 0.255 e. The minimum Gasteiger partial charge on any atom is -0.507 e. The molecule has 0 spiro atoms. The van der Waals surface area contributed by atoms with E-state index in [1.165, 1.54) is 56.2 Å². The Kier molecular flexibility index (Phi) is 5.87. The van der Waals surface area contributed by atoms with Crippen molar-refractivity contribution in [2.24, 2.45) is 0 Å². The van der Waals surface area contributed by atoms with Crippen molar-refractivity contribution in [3.8, 4) is 22.9 Å². The molecule has 1 aromatic heterocycles. The number of benzene rings is 2. The zero-order valence-electron chi connectivity index (χ0n) is 16.6. The van der Waals surface area contributed by atoms with Crippen LogP contribution in [-0.2, 0) is 4.79 Å². The molecule has 0 saturated carbocycles. The van der Waals surface area contributed by atoms with E-state index < -0.39 is 5.78 Å². The highest BCUT2D eigenvalue weighted by molar-refractivity contribution is 6.11. The number of carbonyl (C=O) groups excluding carboxylic acids is 2. The molecule has 3 rings (SSSR count). The van der Waals surface area contributed by atoms with Crippen LogP contribution >= 0.6 is 0 Å². The van der Waals surface area contributed by atoms with Gasteiger partial charge in [0, 0.05) is 30.8 Å². The third-order valence-corrected chi connectivity index (χ3v) is 4.39. The highest BCUT2D eigenvalue weighted by Crippen LogP contribution is 2.33. The summed E-state index contributed by atoms with van der Waals surface area (Å²) in [7, 11) is 2.86. The highest BCUT2D eigenvalue weighted by Gasteiger charge is 2.19. The number of aromatic hydroxyl groups is 1. The topological polar surface area (TPSA) is 107 Å². The highest BCUT2D eigenvalue weighted by atomic mass is 16.5. The van der Waals surface area contributed by atoms with Crippen molar-refractivity contribution in [3.63, 3.8) is 0 Å². The van der Waals surface area contributed by atoms with Crippen LogP contribution in [0.15, 0.2) is 59.5 Å². The molecule has 2 N–H and O–H groups in total. The summed E-state index contributed by atoms with van der Waals surface area (Å²) in [5.74, 6) is -0.545. The predicted molar refractivity (Wildman–Crippen MR) is 111 cm³/mol. The van der Waals surface area contributed by atoms with Gasteiger partial charge in [0.25, 0.3) is 5.56 Å². The second-order valence-electron chi connectivity index (χ2n) is 6.38. The fraction of sp³-hybridized carbons (Fsp3) is 0.136. The fourth-order valence-electron chi connectivity index (χ4n) is 3.00. The summed E-state index contributed by atoms with van der Waals surface area (Å²) < 4.78 is 11.7. The zero-order valence-corrected chi connectivity index (χ0v) is 16.6. The van der Waals surface area contributed by atoms with Gasteiger partial charge in [-0.3, -0.25) is 19.0 Å². The lowest BCUT2D eigenvalue weighted by atomic mass is 10.0. The summed E-state index contributed by atoms with van der Waals surface area (Å²) in [5.41, 5.74) is 0.468. The number of aromatic nitrogens is 1.